The minimum atomic E-state index is -0.378. The molecule has 0 spiro atoms. The van der Waals surface area contributed by atoms with Crippen LogP contribution in [-0.4, -0.2) is 21.8 Å². The van der Waals surface area contributed by atoms with Crippen molar-refractivity contribution in [3.63, 3.8) is 0 Å². The van der Waals surface area contributed by atoms with E-state index in [9.17, 15) is 4.79 Å². The Bertz CT molecular complexity index is 1260. The van der Waals surface area contributed by atoms with Gasteiger partial charge in [0.25, 0.3) is 0 Å². The Hall–Kier alpha value is -3.93. The quantitative estimate of drug-likeness (QED) is 0.371. The highest BCUT2D eigenvalue weighted by Gasteiger charge is 2.10. The molecule has 0 aliphatic rings. The van der Waals surface area contributed by atoms with Gasteiger partial charge in [-0.2, -0.15) is 5.10 Å². The summed E-state index contributed by atoms with van der Waals surface area (Å²) < 4.78 is 2.17. The number of aromatic nitrogens is 2. The summed E-state index contributed by atoms with van der Waals surface area (Å²) in [5, 5.41) is 8.00. The second-order valence-electron chi connectivity index (χ2n) is 7.18. The highest BCUT2D eigenvalue weighted by molar-refractivity contribution is 5.91. The molecule has 0 atom stereocenters. The van der Waals surface area contributed by atoms with Crippen molar-refractivity contribution >= 4 is 28.8 Å². The van der Waals surface area contributed by atoms with Gasteiger partial charge in [-0.1, -0.05) is 24.3 Å². The smallest absolute Gasteiger partial charge is 0.318 e. The SMILES string of the molecule is Cc1ccccc1NC(=O)NN=Cc1cc(C)n(-c2ccc3ncccc3c2)c1C. The van der Waals surface area contributed by atoms with E-state index in [1.807, 2.05) is 56.3 Å². The molecule has 0 unspecified atom stereocenters. The molecule has 0 fully saturated rings. The number of anilines is 1. The van der Waals surface area contributed by atoms with Gasteiger partial charge in [-0.05, 0) is 62.7 Å². The molecule has 0 radical (unpaired) electrons. The molecule has 0 saturated carbocycles. The monoisotopic (exact) mass is 397 g/mol. The van der Waals surface area contributed by atoms with Gasteiger partial charge in [0.2, 0.25) is 0 Å². The standard InChI is InChI=1S/C24H23N5O/c1-16-7-4-5-9-22(16)27-24(30)28-26-15-20-13-17(2)29(18(20)3)21-10-11-23-19(14-21)8-6-12-25-23/h4-15H,1-3H3,(H2,27,28,30). The fourth-order valence-corrected chi connectivity index (χ4v) is 3.54. The van der Waals surface area contributed by atoms with Crippen LogP contribution in [0.2, 0.25) is 0 Å². The van der Waals surface area contributed by atoms with Gasteiger partial charge in [0.1, 0.15) is 0 Å². The first-order valence-electron chi connectivity index (χ1n) is 9.73. The fraction of sp³-hybridized carbons (Fsp3) is 0.125. The van der Waals surface area contributed by atoms with Crippen molar-refractivity contribution in [3.8, 4) is 5.69 Å². The maximum Gasteiger partial charge on any atom is 0.339 e. The highest BCUT2D eigenvalue weighted by Crippen LogP contribution is 2.23. The van der Waals surface area contributed by atoms with Crippen LogP contribution in [0.1, 0.15) is 22.5 Å². The molecular formula is C24H23N5O. The molecule has 0 aliphatic carbocycles. The van der Waals surface area contributed by atoms with Crippen molar-refractivity contribution in [3.05, 3.63) is 89.4 Å². The molecule has 2 aromatic carbocycles. The summed E-state index contributed by atoms with van der Waals surface area (Å²) in [6.45, 7) is 6.03. The van der Waals surface area contributed by atoms with Crippen molar-refractivity contribution in [2.45, 2.75) is 20.8 Å². The zero-order valence-corrected chi connectivity index (χ0v) is 17.2. The normalized spacial score (nSPS) is 11.2. The lowest BCUT2D eigenvalue weighted by Gasteiger charge is -2.10. The Morgan fingerprint density at radius 1 is 1.03 bits per heavy atom. The van der Waals surface area contributed by atoms with Gasteiger partial charge in [-0.25, -0.2) is 10.2 Å². The summed E-state index contributed by atoms with van der Waals surface area (Å²) in [4.78, 5) is 16.5. The number of benzene rings is 2. The molecule has 0 saturated heterocycles. The van der Waals surface area contributed by atoms with E-state index >= 15 is 0 Å². The molecule has 4 aromatic rings. The number of hydrogen-bond donors (Lipinski definition) is 2. The van der Waals surface area contributed by atoms with Crippen LogP contribution in [-0.2, 0) is 0 Å². The van der Waals surface area contributed by atoms with Crippen molar-refractivity contribution in [1.29, 1.82) is 0 Å². The number of hydrogen-bond acceptors (Lipinski definition) is 3. The van der Waals surface area contributed by atoms with Crippen LogP contribution in [0.5, 0.6) is 0 Å². The average Bonchev–Trinajstić information content (AvgIpc) is 3.02. The number of para-hydroxylation sites is 1. The molecule has 2 aromatic heterocycles. The summed E-state index contributed by atoms with van der Waals surface area (Å²) in [6.07, 6.45) is 3.46. The molecule has 30 heavy (non-hydrogen) atoms. The third-order valence-corrected chi connectivity index (χ3v) is 5.08. The molecule has 2 amide bonds. The molecule has 4 rings (SSSR count). The molecule has 150 valence electrons. The second kappa shape index (κ2) is 8.21. The number of carbonyl (C=O) groups excluding carboxylic acids is 1. The minimum absolute atomic E-state index is 0.378. The number of aryl methyl sites for hydroxylation is 2. The fourth-order valence-electron chi connectivity index (χ4n) is 3.54. The van der Waals surface area contributed by atoms with Gasteiger partial charge in [-0.15, -0.1) is 0 Å². The zero-order chi connectivity index (χ0) is 21.1. The number of nitrogens with zero attached hydrogens (tertiary/aromatic N) is 3. The Balaban J connectivity index is 1.51. The third kappa shape index (κ3) is 3.93. The van der Waals surface area contributed by atoms with Crippen LogP contribution in [0.15, 0.2) is 72.0 Å². The number of hydrazone groups is 1. The number of rotatable bonds is 4. The van der Waals surface area contributed by atoms with E-state index in [0.717, 1.165) is 44.8 Å². The summed E-state index contributed by atoms with van der Waals surface area (Å²) in [7, 11) is 0. The van der Waals surface area contributed by atoms with E-state index in [1.54, 1.807) is 12.4 Å². The van der Waals surface area contributed by atoms with Gasteiger partial charge in [0.15, 0.2) is 0 Å². The van der Waals surface area contributed by atoms with E-state index in [-0.39, 0.29) is 6.03 Å². The lowest BCUT2D eigenvalue weighted by molar-refractivity contribution is 0.252. The van der Waals surface area contributed by atoms with Crippen molar-refractivity contribution in [2.24, 2.45) is 5.10 Å². The molecule has 2 heterocycles. The first-order chi connectivity index (χ1) is 14.5. The van der Waals surface area contributed by atoms with E-state index in [4.69, 9.17) is 0 Å². The Labute approximate surface area is 175 Å². The number of amides is 2. The molecule has 2 N–H and O–H groups in total. The van der Waals surface area contributed by atoms with Crippen LogP contribution < -0.4 is 10.7 Å². The average molecular weight is 397 g/mol. The van der Waals surface area contributed by atoms with Gasteiger partial charge < -0.3 is 9.88 Å². The topological polar surface area (TPSA) is 71.3 Å². The van der Waals surface area contributed by atoms with Crippen molar-refractivity contribution in [2.75, 3.05) is 5.32 Å². The number of urea groups is 1. The Morgan fingerprint density at radius 3 is 2.70 bits per heavy atom. The maximum atomic E-state index is 12.1. The van der Waals surface area contributed by atoms with Gasteiger partial charge >= 0.3 is 6.03 Å². The summed E-state index contributed by atoms with van der Waals surface area (Å²) in [5.41, 5.74) is 9.38. The van der Waals surface area contributed by atoms with Crippen molar-refractivity contribution < 1.29 is 4.79 Å². The number of pyridine rings is 1. The van der Waals surface area contributed by atoms with Gasteiger partial charge in [0, 0.05) is 39.9 Å². The molecular weight excluding hydrogens is 374 g/mol. The highest BCUT2D eigenvalue weighted by atomic mass is 16.2. The number of carbonyl (C=O) groups is 1. The van der Waals surface area contributed by atoms with Crippen molar-refractivity contribution in [1.82, 2.24) is 15.0 Å². The van der Waals surface area contributed by atoms with E-state index in [2.05, 4.69) is 50.5 Å². The van der Waals surface area contributed by atoms with E-state index in [0.29, 0.717) is 0 Å². The predicted molar refractivity (Wildman–Crippen MR) is 121 cm³/mol. The first-order valence-corrected chi connectivity index (χ1v) is 9.73. The number of fused-ring (bicyclic) bond motifs is 1. The van der Waals surface area contributed by atoms with E-state index in [1.165, 1.54) is 0 Å². The van der Waals surface area contributed by atoms with Crippen LogP contribution in [0.4, 0.5) is 10.5 Å². The summed E-state index contributed by atoms with van der Waals surface area (Å²) in [5.74, 6) is 0. The van der Waals surface area contributed by atoms with Gasteiger partial charge in [-0.3, -0.25) is 4.98 Å². The minimum Gasteiger partial charge on any atom is -0.318 e. The lowest BCUT2D eigenvalue weighted by Crippen LogP contribution is -2.24. The number of nitrogens with one attached hydrogen (secondary N) is 2. The molecule has 0 aliphatic heterocycles. The third-order valence-electron chi connectivity index (χ3n) is 5.08. The summed E-state index contributed by atoms with van der Waals surface area (Å²) in [6, 6.07) is 19.5. The molecule has 6 nitrogen and oxygen atoms in total. The first kappa shape index (κ1) is 19.4. The Kier molecular flexibility index (Phi) is 5.30. The zero-order valence-electron chi connectivity index (χ0n) is 17.2. The molecule has 6 heteroatoms. The van der Waals surface area contributed by atoms with Crippen LogP contribution in [0.25, 0.3) is 16.6 Å². The summed E-state index contributed by atoms with van der Waals surface area (Å²) >= 11 is 0. The lowest BCUT2D eigenvalue weighted by atomic mass is 10.2. The van der Waals surface area contributed by atoms with Crippen LogP contribution >= 0.6 is 0 Å². The second-order valence-corrected chi connectivity index (χ2v) is 7.18. The van der Waals surface area contributed by atoms with Crippen LogP contribution in [0, 0.1) is 20.8 Å². The van der Waals surface area contributed by atoms with Crippen LogP contribution in [0.3, 0.4) is 0 Å². The molecule has 0 bridgehead atoms. The van der Waals surface area contributed by atoms with E-state index < -0.39 is 0 Å². The predicted octanol–water partition coefficient (Wildman–Crippen LogP) is 5.11. The maximum absolute atomic E-state index is 12.1. The largest absolute Gasteiger partial charge is 0.339 e. The van der Waals surface area contributed by atoms with Gasteiger partial charge in [0.05, 0.1) is 11.7 Å². The Morgan fingerprint density at radius 2 is 1.87 bits per heavy atom.